The van der Waals surface area contributed by atoms with E-state index >= 15 is 0 Å². The Hall–Kier alpha value is -3.02. The zero-order chi connectivity index (χ0) is 19.1. The molecule has 27 heavy (non-hydrogen) atoms. The molecule has 6 nitrogen and oxygen atoms in total. The van der Waals surface area contributed by atoms with Crippen molar-refractivity contribution in [1.29, 1.82) is 0 Å². The molecule has 1 fully saturated rings. The summed E-state index contributed by atoms with van der Waals surface area (Å²) >= 11 is 0. The number of nitrogens with one attached hydrogen (secondary N) is 1. The zero-order valence-electron chi connectivity index (χ0n) is 15.4. The van der Waals surface area contributed by atoms with Crippen LogP contribution in [0.5, 0.6) is 11.5 Å². The first-order valence-electron chi connectivity index (χ1n) is 9.07. The van der Waals surface area contributed by atoms with Crippen LogP contribution in [0.1, 0.15) is 12.8 Å². The summed E-state index contributed by atoms with van der Waals surface area (Å²) < 4.78 is 10.8. The second-order valence-electron chi connectivity index (χ2n) is 6.47. The maximum atomic E-state index is 12.5. The Kier molecular flexibility index (Phi) is 6.30. The van der Waals surface area contributed by atoms with E-state index in [2.05, 4.69) is 5.32 Å². The van der Waals surface area contributed by atoms with Crippen LogP contribution in [-0.4, -0.2) is 43.5 Å². The van der Waals surface area contributed by atoms with Crippen LogP contribution in [0.2, 0.25) is 0 Å². The topological polar surface area (TPSA) is 67.9 Å². The van der Waals surface area contributed by atoms with Crippen LogP contribution in [0.15, 0.2) is 54.6 Å². The number of piperidine rings is 1. The van der Waals surface area contributed by atoms with E-state index in [1.807, 2.05) is 42.5 Å². The van der Waals surface area contributed by atoms with Crippen molar-refractivity contribution >= 4 is 17.5 Å². The van der Waals surface area contributed by atoms with Crippen molar-refractivity contribution in [2.45, 2.75) is 12.8 Å². The van der Waals surface area contributed by atoms with Crippen LogP contribution in [0.25, 0.3) is 0 Å². The SMILES string of the molecule is COc1ccccc1OCC(=O)N1CCC[C@@H](C(=O)Nc2ccccc2)C1. The third kappa shape index (κ3) is 5.00. The Morgan fingerprint density at radius 2 is 1.78 bits per heavy atom. The second kappa shape index (κ2) is 9.07. The molecule has 2 aromatic rings. The fourth-order valence-corrected chi connectivity index (χ4v) is 3.15. The van der Waals surface area contributed by atoms with Gasteiger partial charge < -0.3 is 19.7 Å². The first-order chi connectivity index (χ1) is 13.2. The molecular weight excluding hydrogens is 344 g/mol. The molecule has 0 spiro atoms. The molecule has 1 saturated heterocycles. The quantitative estimate of drug-likeness (QED) is 0.851. The third-order valence-electron chi connectivity index (χ3n) is 4.61. The minimum absolute atomic E-state index is 0.0515. The van der Waals surface area contributed by atoms with Gasteiger partial charge in [0.15, 0.2) is 18.1 Å². The van der Waals surface area contributed by atoms with Crippen LogP contribution in [-0.2, 0) is 9.59 Å². The van der Waals surface area contributed by atoms with Gasteiger partial charge in [0, 0.05) is 18.8 Å². The molecule has 142 valence electrons. The Labute approximate surface area is 159 Å². The monoisotopic (exact) mass is 368 g/mol. The van der Waals surface area contributed by atoms with Gasteiger partial charge in [-0.25, -0.2) is 0 Å². The number of hydrogen-bond acceptors (Lipinski definition) is 4. The lowest BCUT2D eigenvalue weighted by Gasteiger charge is -2.32. The van der Waals surface area contributed by atoms with Gasteiger partial charge in [0.1, 0.15) is 0 Å². The van der Waals surface area contributed by atoms with Crippen molar-refractivity contribution in [2.75, 3.05) is 32.1 Å². The van der Waals surface area contributed by atoms with Gasteiger partial charge in [0.25, 0.3) is 5.91 Å². The number of anilines is 1. The van der Waals surface area contributed by atoms with Crippen molar-refractivity contribution in [1.82, 2.24) is 4.90 Å². The van der Waals surface area contributed by atoms with E-state index in [4.69, 9.17) is 9.47 Å². The molecule has 2 amide bonds. The second-order valence-corrected chi connectivity index (χ2v) is 6.47. The lowest BCUT2D eigenvalue weighted by Crippen LogP contribution is -2.45. The average molecular weight is 368 g/mol. The molecule has 3 rings (SSSR count). The molecule has 1 aliphatic rings. The fourth-order valence-electron chi connectivity index (χ4n) is 3.15. The number of amides is 2. The van der Waals surface area contributed by atoms with Gasteiger partial charge in [0.05, 0.1) is 13.0 Å². The van der Waals surface area contributed by atoms with Gasteiger partial charge in [-0.15, -0.1) is 0 Å². The van der Waals surface area contributed by atoms with Crippen molar-refractivity contribution in [2.24, 2.45) is 5.92 Å². The van der Waals surface area contributed by atoms with Crippen LogP contribution in [0.4, 0.5) is 5.69 Å². The molecule has 1 atom stereocenters. The number of ether oxygens (including phenoxy) is 2. The maximum Gasteiger partial charge on any atom is 0.260 e. The summed E-state index contributed by atoms with van der Waals surface area (Å²) in [4.78, 5) is 26.7. The number of methoxy groups -OCH3 is 1. The van der Waals surface area contributed by atoms with Crippen molar-refractivity contribution < 1.29 is 19.1 Å². The Bertz CT molecular complexity index is 779. The van der Waals surface area contributed by atoms with E-state index in [1.54, 1.807) is 24.1 Å². The number of carbonyl (C=O) groups excluding carboxylic acids is 2. The number of hydrogen-bond donors (Lipinski definition) is 1. The molecule has 2 aromatic carbocycles. The highest BCUT2D eigenvalue weighted by molar-refractivity contribution is 5.93. The summed E-state index contributed by atoms with van der Waals surface area (Å²) in [7, 11) is 1.56. The lowest BCUT2D eigenvalue weighted by atomic mass is 9.97. The molecule has 0 bridgehead atoms. The minimum Gasteiger partial charge on any atom is -0.493 e. The fraction of sp³-hybridized carbons (Fsp3) is 0.333. The normalized spacial score (nSPS) is 16.5. The highest BCUT2D eigenvalue weighted by Crippen LogP contribution is 2.26. The number of para-hydroxylation sites is 3. The molecule has 0 saturated carbocycles. The van der Waals surface area contributed by atoms with Gasteiger partial charge in [-0.05, 0) is 37.1 Å². The van der Waals surface area contributed by atoms with Crippen LogP contribution < -0.4 is 14.8 Å². The summed E-state index contributed by atoms with van der Waals surface area (Å²) in [6.07, 6.45) is 1.57. The summed E-state index contributed by atoms with van der Waals surface area (Å²) in [6, 6.07) is 16.6. The summed E-state index contributed by atoms with van der Waals surface area (Å²) in [6.45, 7) is 0.976. The highest BCUT2D eigenvalue weighted by atomic mass is 16.5. The van der Waals surface area contributed by atoms with E-state index in [1.165, 1.54) is 0 Å². The Morgan fingerprint density at radius 1 is 1.07 bits per heavy atom. The molecule has 0 unspecified atom stereocenters. The van der Waals surface area contributed by atoms with E-state index in [0.29, 0.717) is 24.6 Å². The molecule has 6 heteroatoms. The smallest absolute Gasteiger partial charge is 0.260 e. The zero-order valence-corrected chi connectivity index (χ0v) is 15.4. The van der Waals surface area contributed by atoms with Crippen LogP contribution in [0, 0.1) is 5.92 Å². The number of nitrogens with zero attached hydrogens (tertiary/aromatic N) is 1. The summed E-state index contributed by atoms with van der Waals surface area (Å²) in [5, 5.41) is 2.92. The average Bonchev–Trinajstić information content (AvgIpc) is 2.73. The predicted octanol–water partition coefficient (Wildman–Crippen LogP) is 2.95. The molecule has 1 heterocycles. The largest absolute Gasteiger partial charge is 0.493 e. The first kappa shape index (κ1) is 18.8. The van der Waals surface area contributed by atoms with E-state index in [-0.39, 0.29) is 24.3 Å². The standard InChI is InChI=1S/C21H24N2O4/c1-26-18-11-5-6-12-19(18)27-15-20(24)23-13-7-8-16(14-23)21(25)22-17-9-3-2-4-10-17/h2-6,9-12,16H,7-8,13-15H2,1H3,(H,22,25)/t16-/m1/s1. The molecule has 1 N–H and O–H groups in total. The highest BCUT2D eigenvalue weighted by Gasteiger charge is 2.28. The minimum atomic E-state index is -0.214. The van der Waals surface area contributed by atoms with Crippen molar-refractivity contribution in [3.05, 3.63) is 54.6 Å². The number of carbonyl (C=O) groups is 2. The summed E-state index contributed by atoms with van der Waals surface area (Å²) in [5.41, 5.74) is 0.769. The summed E-state index contributed by atoms with van der Waals surface area (Å²) in [5.74, 6) is 0.726. The van der Waals surface area contributed by atoms with Crippen molar-refractivity contribution in [3.63, 3.8) is 0 Å². The molecule has 1 aliphatic heterocycles. The Morgan fingerprint density at radius 3 is 2.52 bits per heavy atom. The van der Waals surface area contributed by atoms with Gasteiger partial charge in [-0.2, -0.15) is 0 Å². The Balaban J connectivity index is 1.54. The van der Waals surface area contributed by atoms with E-state index in [9.17, 15) is 9.59 Å². The van der Waals surface area contributed by atoms with Gasteiger partial charge >= 0.3 is 0 Å². The van der Waals surface area contributed by atoms with Gasteiger partial charge in [0.2, 0.25) is 5.91 Å². The maximum absolute atomic E-state index is 12.5. The van der Waals surface area contributed by atoms with Gasteiger partial charge in [-0.3, -0.25) is 9.59 Å². The third-order valence-corrected chi connectivity index (χ3v) is 4.61. The van der Waals surface area contributed by atoms with Crippen molar-refractivity contribution in [3.8, 4) is 11.5 Å². The number of likely N-dealkylation sites (tertiary alicyclic amines) is 1. The van der Waals surface area contributed by atoms with Gasteiger partial charge in [-0.1, -0.05) is 30.3 Å². The number of benzene rings is 2. The number of rotatable bonds is 6. The van der Waals surface area contributed by atoms with E-state index in [0.717, 1.165) is 18.5 Å². The lowest BCUT2D eigenvalue weighted by molar-refractivity contribution is -0.136. The molecule has 0 radical (unpaired) electrons. The molecule has 0 aliphatic carbocycles. The predicted molar refractivity (Wildman–Crippen MR) is 103 cm³/mol. The van der Waals surface area contributed by atoms with Crippen LogP contribution >= 0.6 is 0 Å². The first-order valence-corrected chi connectivity index (χ1v) is 9.07. The molecular formula is C21H24N2O4. The van der Waals surface area contributed by atoms with Crippen LogP contribution in [0.3, 0.4) is 0 Å². The molecule has 0 aromatic heterocycles. The van der Waals surface area contributed by atoms with E-state index < -0.39 is 0 Å².